The number of aliphatic hydroxyl groups is 1. The summed E-state index contributed by atoms with van der Waals surface area (Å²) >= 11 is 5.86. The lowest BCUT2D eigenvalue weighted by Crippen LogP contribution is -2.41. The molecule has 0 aliphatic rings. The summed E-state index contributed by atoms with van der Waals surface area (Å²) in [6.45, 7) is 0.0885. The molecule has 1 atom stereocenters. The number of rotatable bonds is 5. The van der Waals surface area contributed by atoms with Gasteiger partial charge in [-0.2, -0.15) is 0 Å². The average Bonchev–Trinajstić information content (AvgIpc) is 2.47. The smallest absolute Gasteiger partial charge is 0.123 e. The molecular formula is C16H17ClFNO. The van der Waals surface area contributed by atoms with Crippen LogP contribution in [0.1, 0.15) is 11.1 Å². The zero-order valence-electron chi connectivity index (χ0n) is 11.0. The van der Waals surface area contributed by atoms with Gasteiger partial charge in [-0.05, 0) is 41.8 Å². The molecule has 0 aliphatic heterocycles. The van der Waals surface area contributed by atoms with Gasteiger partial charge in [0.1, 0.15) is 5.82 Å². The highest BCUT2D eigenvalue weighted by atomic mass is 35.5. The van der Waals surface area contributed by atoms with E-state index in [1.165, 1.54) is 12.1 Å². The van der Waals surface area contributed by atoms with Crippen LogP contribution >= 0.6 is 11.6 Å². The van der Waals surface area contributed by atoms with Crippen LogP contribution in [0.5, 0.6) is 0 Å². The lowest BCUT2D eigenvalue weighted by atomic mass is 9.76. The fraction of sp³-hybridized carbons (Fsp3) is 0.250. The van der Waals surface area contributed by atoms with Crippen molar-refractivity contribution in [2.24, 2.45) is 5.73 Å². The van der Waals surface area contributed by atoms with Gasteiger partial charge in [-0.3, -0.25) is 0 Å². The van der Waals surface area contributed by atoms with Crippen molar-refractivity contribution in [3.63, 3.8) is 0 Å². The Morgan fingerprint density at radius 2 is 1.85 bits per heavy atom. The summed E-state index contributed by atoms with van der Waals surface area (Å²) < 4.78 is 13.4. The van der Waals surface area contributed by atoms with Gasteiger partial charge in [0.2, 0.25) is 0 Å². The van der Waals surface area contributed by atoms with E-state index in [2.05, 4.69) is 0 Å². The number of nitrogens with two attached hydrogens (primary N) is 1. The summed E-state index contributed by atoms with van der Waals surface area (Å²) in [6, 6.07) is 13.6. The van der Waals surface area contributed by atoms with Crippen molar-refractivity contribution in [3.8, 4) is 0 Å². The number of hydrogen-bond acceptors (Lipinski definition) is 2. The minimum atomic E-state index is -0.685. The summed E-state index contributed by atoms with van der Waals surface area (Å²) in [5.74, 6) is -0.329. The van der Waals surface area contributed by atoms with E-state index in [1.54, 1.807) is 24.3 Å². The SMILES string of the molecule is NCC(CO)(Cc1ccc(Cl)cc1)c1cccc(F)c1. The van der Waals surface area contributed by atoms with E-state index >= 15 is 0 Å². The fourth-order valence-corrected chi connectivity index (χ4v) is 2.44. The zero-order chi connectivity index (χ0) is 14.6. The van der Waals surface area contributed by atoms with Crippen molar-refractivity contribution in [1.82, 2.24) is 0 Å². The fourth-order valence-electron chi connectivity index (χ4n) is 2.32. The van der Waals surface area contributed by atoms with Crippen LogP contribution < -0.4 is 5.73 Å². The van der Waals surface area contributed by atoms with E-state index in [9.17, 15) is 9.50 Å². The Hall–Kier alpha value is -1.42. The molecule has 2 rings (SSSR count). The van der Waals surface area contributed by atoms with Crippen molar-refractivity contribution < 1.29 is 9.50 Å². The maximum Gasteiger partial charge on any atom is 0.123 e. The predicted octanol–water partition coefficient (Wildman–Crippen LogP) is 2.91. The second-order valence-corrected chi connectivity index (χ2v) is 5.39. The molecule has 0 spiro atoms. The lowest BCUT2D eigenvalue weighted by molar-refractivity contribution is 0.195. The van der Waals surface area contributed by atoms with Crippen LogP contribution in [-0.4, -0.2) is 18.3 Å². The molecule has 1 unspecified atom stereocenters. The molecule has 0 radical (unpaired) electrons. The highest BCUT2D eigenvalue weighted by Crippen LogP contribution is 2.28. The second-order valence-electron chi connectivity index (χ2n) is 4.96. The van der Waals surface area contributed by atoms with Gasteiger partial charge >= 0.3 is 0 Å². The highest BCUT2D eigenvalue weighted by Gasteiger charge is 2.30. The van der Waals surface area contributed by atoms with Crippen LogP contribution in [0.3, 0.4) is 0 Å². The minimum absolute atomic E-state index is 0.143. The van der Waals surface area contributed by atoms with Gasteiger partial charge in [-0.25, -0.2) is 4.39 Å². The lowest BCUT2D eigenvalue weighted by Gasteiger charge is -2.31. The maximum absolute atomic E-state index is 13.4. The third kappa shape index (κ3) is 3.18. The van der Waals surface area contributed by atoms with Crippen molar-refractivity contribution in [2.45, 2.75) is 11.8 Å². The highest BCUT2D eigenvalue weighted by molar-refractivity contribution is 6.30. The summed E-state index contributed by atoms with van der Waals surface area (Å²) in [5.41, 5.74) is 6.89. The van der Waals surface area contributed by atoms with Crippen molar-refractivity contribution in [1.29, 1.82) is 0 Å². The monoisotopic (exact) mass is 293 g/mol. The first-order chi connectivity index (χ1) is 9.59. The van der Waals surface area contributed by atoms with Crippen LogP contribution in [0.15, 0.2) is 48.5 Å². The van der Waals surface area contributed by atoms with E-state index in [0.29, 0.717) is 17.0 Å². The Morgan fingerprint density at radius 3 is 2.40 bits per heavy atom. The van der Waals surface area contributed by atoms with E-state index in [4.69, 9.17) is 17.3 Å². The van der Waals surface area contributed by atoms with Gasteiger partial charge in [0.05, 0.1) is 6.61 Å². The number of benzene rings is 2. The van der Waals surface area contributed by atoms with E-state index in [0.717, 1.165) is 5.56 Å². The van der Waals surface area contributed by atoms with E-state index in [1.807, 2.05) is 12.1 Å². The molecule has 0 bridgehead atoms. The molecule has 0 aliphatic carbocycles. The second kappa shape index (κ2) is 6.35. The summed E-state index contributed by atoms with van der Waals surface area (Å²) in [7, 11) is 0. The molecule has 0 fully saturated rings. The van der Waals surface area contributed by atoms with Gasteiger partial charge in [0.15, 0.2) is 0 Å². The normalized spacial score (nSPS) is 14.0. The van der Waals surface area contributed by atoms with Crippen LogP contribution in [0.2, 0.25) is 5.02 Å². The molecular weight excluding hydrogens is 277 g/mol. The van der Waals surface area contributed by atoms with Gasteiger partial charge in [0.25, 0.3) is 0 Å². The first kappa shape index (κ1) is 15.0. The molecule has 20 heavy (non-hydrogen) atoms. The molecule has 2 aromatic rings. The van der Waals surface area contributed by atoms with Gasteiger partial charge in [-0.1, -0.05) is 35.9 Å². The predicted molar refractivity (Wildman–Crippen MR) is 79.4 cm³/mol. The molecule has 2 aromatic carbocycles. The van der Waals surface area contributed by atoms with E-state index < -0.39 is 5.41 Å². The van der Waals surface area contributed by atoms with Crippen LogP contribution in [0.4, 0.5) is 4.39 Å². The summed E-state index contributed by atoms with van der Waals surface area (Å²) in [4.78, 5) is 0. The third-order valence-corrected chi connectivity index (χ3v) is 3.84. The van der Waals surface area contributed by atoms with Crippen molar-refractivity contribution >= 4 is 11.6 Å². The zero-order valence-corrected chi connectivity index (χ0v) is 11.8. The molecule has 106 valence electrons. The molecule has 3 N–H and O–H groups in total. The van der Waals surface area contributed by atoms with Gasteiger partial charge in [0, 0.05) is 17.0 Å². The molecule has 0 heterocycles. The largest absolute Gasteiger partial charge is 0.395 e. The molecule has 2 nitrogen and oxygen atoms in total. The Kier molecular flexibility index (Phi) is 4.76. The first-order valence-electron chi connectivity index (χ1n) is 6.41. The quantitative estimate of drug-likeness (QED) is 0.890. The molecule has 0 amide bonds. The maximum atomic E-state index is 13.4. The third-order valence-electron chi connectivity index (χ3n) is 3.59. The van der Waals surface area contributed by atoms with Gasteiger partial charge in [-0.15, -0.1) is 0 Å². The standard InChI is InChI=1S/C16H17ClFNO/c17-14-6-4-12(5-7-14)9-16(10-19,11-20)13-2-1-3-15(18)8-13/h1-8,20H,9-11,19H2. The molecule has 0 saturated heterocycles. The van der Waals surface area contributed by atoms with Crippen molar-refractivity contribution in [2.75, 3.05) is 13.2 Å². The molecule has 4 heteroatoms. The Morgan fingerprint density at radius 1 is 1.15 bits per heavy atom. The van der Waals surface area contributed by atoms with Gasteiger partial charge < -0.3 is 10.8 Å². The topological polar surface area (TPSA) is 46.2 Å². The Balaban J connectivity index is 2.36. The van der Waals surface area contributed by atoms with Crippen molar-refractivity contribution in [3.05, 3.63) is 70.5 Å². The number of hydrogen-bond donors (Lipinski definition) is 2. The number of halogens is 2. The first-order valence-corrected chi connectivity index (χ1v) is 6.79. The molecule has 0 saturated carbocycles. The van der Waals surface area contributed by atoms with Crippen LogP contribution in [0, 0.1) is 5.82 Å². The summed E-state index contributed by atoms with van der Waals surface area (Å²) in [5, 5.41) is 10.5. The van der Waals surface area contributed by atoms with Crippen LogP contribution in [-0.2, 0) is 11.8 Å². The summed E-state index contributed by atoms with van der Waals surface area (Å²) in [6.07, 6.45) is 0.528. The number of aliphatic hydroxyl groups excluding tert-OH is 1. The van der Waals surface area contributed by atoms with Crippen LogP contribution in [0.25, 0.3) is 0 Å². The molecule has 0 aromatic heterocycles. The van der Waals surface area contributed by atoms with E-state index in [-0.39, 0.29) is 19.0 Å². The Labute approximate surface area is 123 Å². The Bertz CT molecular complexity index is 567. The minimum Gasteiger partial charge on any atom is -0.395 e. The average molecular weight is 294 g/mol.